The van der Waals surface area contributed by atoms with Crippen molar-refractivity contribution in [1.82, 2.24) is 4.98 Å². The molecule has 0 bridgehead atoms. The predicted octanol–water partition coefficient (Wildman–Crippen LogP) is 5.29. The SMILES string of the molecule is N#Cc1ccc(-c2ccc(Cl)cc2Cl)nc1OC(=O)c1ccc(F)cc1. The van der Waals surface area contributed by atoms with Gasteiger partial charge < -0.3 is 4.74 Å². The summed E-state index contributed by atoms with van der Waals surface area (Å²) in [4.78, 5) is 16.4. The first-order valence-corrected chi connectivity index (χ1v) is 8.08. The highest BCUT2D eigenvalue weighted by Gasteiger charge is 2.16. The van der Waals surface area contributed by atoms with E-state index in [9.17, 15) is 14.4 Å². The molecule has 0 radical (unpaired) electrons. The standard InChI is InChI=1S/C19H9Cl2FN2O2/c20-13-4-7-15(16(21)9-13)17-8-3-12(10-23)18(24-17)26-19(25)11-1-5-14(22)6-2-11/h1-9H. The zero-order chi connectivity index (χ0) is 18.7. The van der Waals surface area contributed by atoms with E-state index in [0.29, 0.717) is 21.3 Å². The predicted molar refractivity (Wildman–Crippen MR) is 95.8 cm³/mol. The first kappa shape index (κ1) is 17.9. The van der Waals surface area contributed by atoms with Crippen molar-refractivity contribution in [3.05, 3.63) is 81.6 Å². The molecular weight excluding hydrogens is 378 g/mol. The topological polar surface area (TPSA) is 63.0 Å². The first-order valence-electron chi connectivity index (χ1n) is 7.32. The van der Waals surface area contributed by atoms with Gasteiger partial charge in [0.05, 0.1) is 16.3 Å². The lowest BCUT2D eigenvalue weighted by Gasteiger charge is -2.09. The summed E-state index contributed by atoms with van der Waals surface area (Å²) >= 11 is 12.1. The van der Waals surface area contributed by atoms with E-state index in [1.165, 1.54) is 18.2 Å². The number of aromatic nitrogens is 1. The molecule has 26 heavy (non-hydrogen) atoms. The van der Waals surface area contributed by atoms with Crippen LogP contribution in [0.4, 0.5) is 4.39 Å². The van der Waals surface area contributed by atoms with E-state index >= 15 is 0 Å². The lowest BCUT2D eigenvalue weighted by molar-refractivity contribution is 0.0727. The lowest BCUT2D eigenvalue weighted by Crippen LogP contribution is -2.11. The van der Waals surface area contributed by atoms with Gasteiger partial charge >= 0.3 is 5.97 Å². The third-order valence-electron chi connectivity index (χ3n) is 3.46. The number of pyridine rings is 1. The maximum atomic E-state index is 13.0. The Hall–Kier alpha value is -2.94. The Morgan fingerprint density at radius 2 is 1.81 bits per heavy atom. The molecule has 1 heterocycles. The van der Waals surface area contributed by atoms with Gasteiger partial charge in [0.1, 0.15) is 17.4 Å². The highest BCUT2D eigenvalue weighted by atomic mass is 35.5. The molecule has 0 N–H and O–H groups in total. The summed E-state index contributed by atoms with van der Waals surface area (Å²) in [6.45, 7) is 0. The second kappa shape index (κ2) is 7.52. The Bertz CT molecular complexity index is 1030. The van der Waals surface area contributed by atoms with Crippen molar-refractivity contribution >= 4 is 29.2 Å². The molecule has 0 aliphatic heterocycles. The van der Waals surface area contributed by atoms with Crippen LogP contribution in [0.5, 0.6) is 5.88 Å². The van der Waals surface area contributed by atoms with Crippen molar-refractivity contribution in [2.24, 2.45) is 0 Å². The van der Waals surface area contributed by atoms with E-state index in [0.717, 1.165) is 12.1 Å². The van der Waals surface area contributed by atoms with Crippen LogP contribution < -0.4 is 4.74 Å². The third kappa shape index (κ3) is 3.83. The van der Waals surface area contributed by atoms with E-state index in [1.807, 2.05) is 6.07 Å². The van der Waals surface area contributed by atoms with Crippen LogP contribution in [0, 0.1) is 17.1 Å². The Morgan fingerprint density at radius 3 is 2.46 bits per heavy atom. The minimum Gasteiger partial charge on any atom is -0.402 e. The van der Waals surface area contributed by atoms with Crippen LogP contribution in [-0.2, 0) is 0 Å². The molecule has 3 rings (SSSR count). The molecule has 0 unspecified atom stereocenters. The van der Waals surface area contributed by atoms with Gasteiger partial charge in [-0.05, 0) is 54.6 Å². The number of carbonyl (C=O) groups is 1. The van der Waals surface area contributed by atoms with Gasteiger partial charge in [-0.25, -0.2) is 14.2 Å². The van der Waals surface area contributed by atoms with Gasteiger partial charge in [-0.3, -0.25) is 0 Å². The largest absolute Gasteiger partial charge is 0.402 e. The molecule has 3 aromatic rings. The summed E-state index contributed by atoms with van der Waals surface area (Å²) in [6.07, 6.45) is 0. The Morgan fingerprint density at radius 1 is 1.08 bits per heavy atom. The molecule has 0 aliphatic carbocycles. The van der Waals surface area contributed by atoms with Crippen molar-refractivity contribution in [1.29, 1.82) is 5.26 Å². The fourth-order valence-corrected chi connectivity index (χ4v) is 2.69. The average Bonchev–Trinajstić information content (AvgIpc) is 2.62. The second-order valence-corrected chi connectivity index (χ2v) is 6.03. The third-order valence-corrected chi connectivity index (χ3v) is 4.00. The van der Waals surface area contributed by atoms with Crippen molar-refractivity contribution in [2.75, 3.05) is 0 Å². The van der Waals surface area contributed by atoms with Gasteiger partial charge in [0.2, 0.25) is 5.88 Å². The van der Waals surface area contributed by atoms with E-state index in [4.69, 9.17) is 27.9 Å². The van der Waals surface area contributed by atoms with Crippen molar-refractivity contribution in [2.45, 2.75) is 0 Å². The fraction of sp³-hybridized carbons (Fsp3) is 0. The monoisotopic (exact) mass is 386 g/mol. The van der Waals surface area contributed by atoms with Gasteiger partial charge in [0.15, 0.2) is 0 Å². The number of rotatable bonds is 3. The maximum absolute atomic E-state index is 13.0. The molecular formula is C19H9Cl2FN2O2. The molecule has 0 amide bonds. The van der Waals surface area contributed by atoms with Crippen molar-refractivity contribution in [3.63, 3.8) is 0 Å². The van der Waals surface area contributed by atoms with Crippen LogP contribution >= 0.6 is 23.2 Å². The molecule has 1 aromatic heterocycles. The van der Waals surface area contributed by atoms with Crippen molar-refractivity contribution < 1.29 is 13.9 Å². The number of carbonyl (C=O) groups excluding carboxylic acids is 1. The summed E-state index contributed by atoms with van der Waals surface area (Å²) in [5.74, 6) is -1.39. The number of nitriles is 1. The summed E-state index contributed by atoms with van der Waals surface area (Å²) in [5, 5.41) is 10.1. The van der Waals surface area contributed by atoms with Crippen LogP contribution in [-0.4, -0.2) is 11.0 Å². The highest BCUT2D eigenvalue weighted by Crippen LogP contribution is 2.31. The lowest BCUT2D eigenvalue weighted by atomic mass is 10.1. The maximum Gasteiger partial charge on any atom is 0.344 e. The van der Waals surface area contributed by atoms with Crippen LogP contribution in [0.3, 0.4) is 0 Å². The van der Waals surface area contributed by atoms with Gasteiger partial charge in [-0.15, -0.1) is 0 Å². The first-order chi connectivity index (χ1) is 12.5. The van der Waals surface area contributed by atoms with E-state index in [2.05, 4.69) is 4.98 Å². The number of hydrogen-bond donors (Lipinski definition) is 0. The zero-order valence-electron chi connectivity index (χ0n) is 13.0. The van der Waals surface area contributed by atoms with E-state index in [-0.39, 0.29) is 17.0 Å². The molecule has 0 spiro atoms. The molecule has 2 aromatic carbocycles. The number of nitrogens with zero attached hydrogens (tertiary/aromatic N) is 2. The Balaban J connectivity index is 1.97. The molecule has 0 aliphatic rings. The van der Waals surface area contributed by atoms with Gasteiger partial charge in [0.25, 0.3) is 0 Å². The minimum absolute atomic E-state index is 0.0781. The van der Waals surface area contributed by atoms with Gasteiger partial charge in [-0.1, -0.05) is 23.2 Å². The number of esters is 1. The second-order valence-electron chi connectivity index (χ2n) is 5.18. The Labute approximate surface area is 158 Å². The summed E-state index contributed by atoms with van der Waals surface area (Å²) in [7, 11) is 0. The van der Waals surface area contributed by atoms with Crippen molar-refractivity contribution in [3.8, 4) is 23.2 Å². The molecule has 128 valence electrons. The zero-order valence-corrected chi connectivity index (χ0v) is 14.6. The molecule has 0 atom stereocenters. The summed E-state index contributed by atoms with van der Waals surface area (Å²) in [6, 6.07) is 14.7. The highest BCUT2D eigenvalue weighted by molar-refractivity contribution is 6.36. The molecule has 7 heteroatoms. The minimum atomic E-state index is -0.756. The fourth-order valence-electron chi connectivity index (χ4n) is 2.18. The molecule has 0 fully saturated rings. The number of benzene rings is 2. The molecule has 0 saturated carbocycles. The van der Waals surface area contributed by atoms with Gasteiger partial charge in [-0.2, -0.15) is 5.26 Å². The van der Waals surface area contributed by atoms with E-state index in [1.54, 1.807) is 24.3 Å². The smallest absolute Gasteiger partial charge is 0.344 e. The van der Waals surface area contributed by atoms with Gasteiger partial charge in [0, 0.05) is 10.6 Å². The average molecular weight is 387 g/mol. The molecule has 0 saturated heterocycles. The van der Waals surface area contributed by atoms with Crippen LogP contribution in [0.15, 0.2) is 54.6 Å². The summed E-state index contributed by atoms with van der Waals surface area (Å²) in [5.41, 5.74) is 1.19. The quantitative estimate of drug-likeness (QED) is 0.574. The number of ether oxygens (including phenoxy) is 1. The normalized spacial score (nSPS) is 10.2. The Kier molecular flexibility index (Phi) is 5.17. The van der Waals surface area contributed by atoms with Crippen LogP contribution in [0.1, 0.15) is 15.9 Å². The molecule has 4 nitrogen and oxygen atoms in total. The summed E-state index contributed by atoms with van der Waals surface area (Å²) < 4.78 is 18.2. The van der Waals surface area contributed by atoms with Crippen LogP contribution in [0.25, 0.3) is 11.3 Å². The number of halogens is 3. The van der Waals surface area contributed by atoms with Crippen LogP contribution in [0.2, 0.25) is 10.0 Å². The van der Waals surface area contributed by atoms with E-state index < -0.39 is 11.8 Å². The number of hydrogen-bond acceptors (Lipinski definition) is 4.